The molecule has 1 saturated carbocycles. The molecule has 2 fully saturated rings. The SMILES string of the molecule is CN(C)C(=O)c1ccc(OCCCN2CC3CCCC3C2)cc1. The van der Waals surface area contributed by atoms with Gasteiger partial charge in [0.25, 0.3) is 5.91 Å². The first-order valence-corrected chi connectivity index (χ1v) is 8.80. The van der Waals surface area contributed by atoms with Crippen molar-refractivity contribution < 1.29 is 9.53 Å². The third kappa shape index (κ3) is 4.05. The maximum atomic E-state index is 11.8. The zero-order chi connectivity index (χ0) is 16.2. The fourth-order valence-corrected chi connectivity index (χ4v) is 3.94. The summed E-state index contributed by atoms with van der Waals surface area (Å²) in [6.07, 6.45) is 5.39. The summed E-state index contributed by atoms with van der Waals surface area (Å²) in [7, 11) is 3.53. The molecule has 1 aromatic rings. The van der Waals surface area contributed by atoms with Gasteiger partial charge in [0, 0.05) is 39.3 Å². The summed E-state index contributed by atoms with van der Waals surface area (Å²) in [6, 6.07) is 7.44. The lowest BCUT2D eigenvalue weighted by atomic mass is 10.0. The molecule has 0 spiro atoms. The van der Waals surface area contributed by atoms with Crippen LogP contribution in [0, 0.1) is 11.8 Å². The second-order valence-electron chi connectivity index (χ2n) is 7.14. The minimum Gasteiger partial charge on any atom is -0.494 e. The summed E-state index contributed by atoms with van der Waals surface area (Å²) in [5.41, 5.74) is 0.700. The quantitative estimate of drug-likeness (QED) is 0.757. The van der Waals surface area contributed by atoms with Gasteiger partial charge in [0.05, 0.1) is 6.61 Å². The molecule has 1 aromatic carbocycles. The Morgan fingerprint density at radius 1 is 1.17 bits per heavy atom. The van der Waals surface area contributed by atoms with E-state index in [1.165, 1.54) is 32.4 Å². The molecule has 4 heteroatoms. The average Bonchev–Trinajstić information content (AvgIpc) is 3.12. The predicted molar refractivity (Wildman–Crippen MR) is 91.8 cm³/mol. The minimum absolute atomic E-state index is 0.0242. The molecule has 1 aliphatic carbocycles. The molecule has 2 aliphatic rings. The van der Waals surface area contributed by atoms with Crippen LogP contribution in [0.4, 0.5) is 0 Å². The molecule has 1 heterocycles. The summed E-state index contributed by atoms with van der Waals surface area (Å²) in [5, 5.41) is 0. The van der Waals surface area contributed by atoms with E-state index in [-0.39, 0.29) is 5.91 Å². The molecule has 0 bridgehead atoms. The third-order valence-corrected chi connectivity index (χ3v) is 5.20. The molecular formula is C19H28N2O2. The van der Waals surface area contributed by atoms with Gasteiger partial charge in [-0.1, -0.05) is 6.42 Å². The molecule has 0 aromatic heterocycles. The molecular weight excluding hydrogens is 288 g/mol. The molecule has 126 valence electrons. The van der Waals surface area contributed by atoms with Crippen LogP contribution in [0.3, 0.4) is 0 Å². The number of carbonyl (C=O) groups is 1. The third-order valence-electron chi connectivity index (χ3n) is 5.20. The number of likely N-dealkylation sites (tertiary alicyclic amines) is 1. The number of rotatable bonds is 6. The Hall–Kier alpha value is -1.55. The van der Waals surface area contributed by atoms with E-state index >= 15 is 0 Å². The van der Waals surface area contributed by atoms with Crippen molar-refractivity contribution in [1.29, 1.82) is 0 Å². The van der Waals surface area contributed by atoms with Crippen molar-refractivity contribution in [2.24, 2.45) is 11.8 Å². The Labute approximate surface area is 139 Å². The van der Waals surface area contributed by atoms with Crippen molar-refractivity contribution in [3.8, 4) is 5.75 Å². The number of benzene rings is 1. The van der Waals surface area contributed by atoms with E-state index in [0.717, 1.165) is 37.2 Å². The highest BCUT2D eigenvalue weighted by Crippen LogP contribution is 2.37. The van der Waals surface area contributed by atoms with Crippen LogP contribution in [0.1, 0.15) is 36.0 Å². The second kappa shape index (κ2) is 7.35. The van der Waals surface area contributed by atoms with Crippen molar-refractivity contribution in [2.75, 3.05) is 40.3 Å². The number of ether oxygens (including phenoxy) is 1. The van der Waals surface area contributed by atoms with E-state index in [0.29, 0.717) is 5.56 Å². The molecule has 1 aliphatic heterocycles. The van der Waals surface area contributed by atoms with Crippen LogP contribution in [0.2, 0.25) is 0 Å². The first-order valence-electron chi connectivity index (χ1n) is 8.80. The topological polar surface area (TPSA) is 32.8 Å². The Morgan fingerprint density at radius 3 is 2.43 bits per heavy atom. The number of hydrogen-bond acceptors (Lipinski definition) is 3. The van der Waals surface area contributed by atoms with Crippen LogP contribution in [-0.4, -0.2) is 56.0 Å². The van der Waals surface area contributed by atoms with Crippen molar-refractivity contribution in [3.63, 3.8) is 0 Å². The summed E-state index contributed by atoms with van der Waals surface area (Å²) in [6.45, 7) is 4.48. The smallest absolute Gasteiger partial charge is 0.253 e. The van der Waals surface area contributed by atoms with Gasteiger partial charge in [-0.25, -0.2) is 0 Å². The Kier molecular flexibility index (Phi) is 5.21. The highest BCUT2D eigenvalue weighted by Gasteiger charge is 2.35. The van der Waals surface area contributed by atoms with E-state index in [9.17, 15) is 4.79 Å². The lowest BCUT2D eigenvalue weighted by molar-refractivity contribution is 0.0827. The van der Waals surface area contributed by atoms with Crippen LogP contribution in [-0.2, 0) is 0 Å². The first-order chi connectivity index (χ1) is 11.1. The van der Waals surface area contributed by atoms with E-state index in [4.69, 9.17) is 4.74 Å². The largest absolute Gasteiger partial charge is 0.494 e. The monoisotopic (exact) mass is 316 g/mol. The second-order valence-corrected chi connectivity index (χ2v) is 7.14. The van der Waals surface area contributed by atoms with E-state index in [1.54, 1.807) is 19.0 Å². The summed E-state index contributed by atoms with van der Waals surface area (Å²) in [5.74, 6) is 2.81. The highest BCUT2D eigenvalue weighted by molar-refractivity contribution is 5.93. The average molecular weight is 316 g/mol. The Bertz CT molecular complexity index is 515. The molecule has 3 rings (SSSR count). The summed E-state index contributed by atoms with van der Waals surface area (Å²) < 4.78 is 5.80. The lowest BCUT2D eigenvalue weighted by Gasteiger charge is -2.16. The van der Waals surface area contributed by atoms with Crippen LogP contribution in [0.15, 0.2) is 24.3 Å². The number of fused-ring (bicyclic) bond motifs is 1. The molecule has 2 unspecified atom stereocenters. The molecule has 23 heavy (non-hydrogen) atoms. The first kappa shape index (κ1) is 16.3. The maximum absolute atomic E-state index is 11.8. The molecule has 4 nitrogen and oxygen atoms in total. The van der Waals surface area contributed by atoms with Gasteiger partial charge in [-0.2, -0.15) is 0 Å². The number of amides is 1. The van der Waals surface area contributed by atoms with Gasteiger partial charge in [-0.15, -0.1) is 0 Å². The molecule has 1 saturated heterocycles. The van der Waals surface area contributed by atoms with Crippen LogP contribution in [0.25, 0.3) is 0 Å². The van der Waals surface area contributed by atoms with Gasteiger partial charge in [-0.05, 0) is 55.4 Å². The van der Waals surface area contributed by atoms with Crippen molar-refractivity contribution in [2.45, 2.75) is 25.7 Å². The summed E-state index contributed by atoms with van der Waals surface area (Å²) in [4.78, 5) is 16.0. The van der Waals surface area contributed by atoms with Crippen molar-refractivity contribution >= 4 is 5.91 Å². The summed E-state index contributed by atoms with van der Waals surface area (Å²) >= 11 is 0. The normalized spacial score (nSPS) is 23.7. The van der Waals surface area contributed by atoms with E-state index < -0.39 is 0 Å². The lowest BCUT2D eigenvalue weighted by Crippen LogP contribution is -2.24. The van der Waals surface area contributed by atoms with E-state index in [1.807, 2.05) is 24.3 Å². The Morgan fingerprint density at radius 2 is 1.83 bits per heavy atom. The van der Waals surface area contributed by atoms with Crippen LogP contribution >= 0.6 is 0 Å². The zero-order valence-electron chi connectivity index (χ0n) is 14.3. The van der Waals surface area contributed by atoms with Crippen molar-refractivity contribution in [1.82, 2.24) is 9.80 Å². The molecule has 0 N–H and O–H groups in total. The molecule has 0 radical (unpaired) electrons. The molecule has 1 amide bonds. The number of hydrogen-bond donors (Lipinski definition) is 0. The zero-order valence-corrected chi connectivity index (χ0v) is 14.3. The number of nitrogens with zero attached hydrogens (tertiary/aromatic N) is 2. The van der Waals surface area contributed by atoms with Gasteiger partial charge in [0.1, 0.15) is 5.75 Å². The van der Waals surface area contributed by atoms with Gasteiger partial charge >= 0.3 is 0 Å². The maximum Gasteiger partial charge on any atom is 0.253 e. The minimum atomic E-state index is 0.0242. The van der Waals surface area contributed by atoms with Gasteiger partial charge in [0.15, 0.2) is 0 Å². The van der Waals surface area contributed by atoms with Gasteiger partial charge < -0.3 is 14.5 Å². The van der Waals surface area contributed by atoms with Crippen LogP contribution < -0.4 is 4.74 Å². The van der Waals surface area contributed by atoms with Crippen LogP contribution in [0.5, 0.6) is 5.75 Å². The fraction of sp³-hybridized carbons (Fsp3) is 0.632. The predicted octanol–water partition coefficient (Wildman–Crippen LogP) is 2.89. The van der Waals surface area contributed by atoms with Crippen molar-refractivity contribution in [3.05, 3.63) is 29.8 Å². The van der Waals surface area contributed by atoms with Gasteiger partial charge in [-0.3, -0.25) is 4.79 Å². The highest BCUT2D eigenvalue weighted by atomic mass is 16.5. The standard InChI is InChI=1S/C19H28N2O2/c1-20(2)19(22)15-7-9-18(10-8-15)23-12-4-11-21-13-16-5-3-6-17(16)14-21/h7-10,16-17H,3-6,11-14H2,1-2H3. The Balaban J connectivity index is 1.37. The van der Waals surface area contributed by atoms with Gasteiger partial charge in [0.2, 0.25) is 0 Å². The molecule has 2 atom stereocenters. The fourth-order valence-electron chi connectivity index (χ4n) is 3.94. The van der Waals surface area contributed by atoms with E-state index in [2.05, 4.69) is 4.90 Å². The number of carbonyl (C=O) groups excluding carboxylic acids is 1.